The van der Waals surface area contributed by atoms with E-state index in [4.69, 9.17) is 10.5 Å². The number of rotatable bonds is 3. The lowest BCUT2D eigenvalue weighted by Crippen LogP contribution is -2.35. The second-order valence-corrected chi connectivity index (χ2v) is 2.79. The molecule has 4 N–H and O–H groups in total. The van der Waals surface area contributed by atoms with Crippen molar-refractivity contribution < 1.29 is 19.4 Å². The predicted octanol–water partition coefficient (Wildman–Crippen LogP) is -0.989. The van der Waals surface area contributed by atoms with E-state index in [0.29, 0.717) is 0 Å². The Bertz CT molecular complexity index is 419. The minimum absolute atomic E-state index is 0.0975. The number of carbonyl (C=O) groups is 2. The van der Waals surface area contributed by atoms with Crippen LogP contribution in [-0.2, 0) is 4.79 Å². The molecule has 1 aromatic rings. The number of nitrogens with one attached hydrogen (secondary N) is 1. The number of pyridine rings is 1. The molecule has 0 fully saturated rings. The van der Waals surface area contributed by atoms with Gasteiger partial charge in [-0.15, -0.1) is 0 Å². The molecule has 2 amide bonds. The van der Waals surface area contributed by atoms with Crippen molar-refractivity contribution >= 4 is 11.8 Å². The lowest BCUT2D eigenvalue weighted by Gasteiger charge is -2.07. The Morgan fingerprint density at radius 2 is 2.31 bits per heavy atom. The third-order valence-corrected chi connectivity index (χ3v) is 1.76. The van der Waals surface area contributed by atoms with E-state index in [0.717, 1.165) is 0 Å². The summed E-state index contributed by atoms with van der Waals surface area (Å²) in [7, 11) is 1.34. The average molecular weight is 225 g/mol. The summed E-state index contributed by atoms with van der Waals surface area (Å²) in [5.41, 5.74) is 4.73. The van der Waals surface area contributed by atoms with Crippen LogP contribution in [0.3, 0.4) is 0 Å². The van der Waals surface area contributed by atoms with Gasteiger partial charge in [0.15, 0.2) is 17.2 Å². The first-order chi connectivity index (χ1) is 7.60. The van der Waals surface area contributed by atoms with Crippen molar-refractivity contribution in [2.45, 2.75) is 0 Å². The van der Waals surface area contributed by atoms with Gasteiger partial charge in [0.1, 0.15) is 0 Å². The molecule has 0 aliphatic heterocycles. The van der Waals surface area contributed by atoms with Gasteiger partial charge in [0.05, 0.1) is 13.7 Å². The Kier molecular flexibility index (Phi) is 3.78. The minimum atomic E-state index is -0.827. The van der Waals surface area contributed by atoms with Crippen molar-refractivity contribution in [1.82, 2.24) is 10.3 Å². The maximum absolute atomic E-state index is 11.4. The van der Waals surface area contributed by atoms with Crippen molar-refractivity contribution in [3.63, 3.8) is 0 Å². The molecule has 1 aromatic heterocycles. The molecule has 7 nitrogen and oxygen atoms in total. The van der Waals surface area contributed by atoms with Crippen LogP contribution < -0.4 is 15.8 Å². The highest BCUT2D eigenvalue weighted by molar-refractivity contribution is 6.05. The van der Waals surface area contributed by atoms with Crippen molar-refractivity contribution in [3.05, 3.63) is 18.0 Å². The van der Waals surface area contributed by atoms with Crippen molar-refractivity contribution in [2.75, 3.05) is 13.7 Å². The zero-order valence-electron chi connectivity index (χ0n) is 8.56. The molecule has 0 radical (unpaired) electrons. The molecule has 0 atom stereocenters. The Hall–Kier alpha value is -2.15. The van der Waals surface area contributed by atoms with Crippen molar-refractivity contribution in [2.24, 2.45) is 5.73 Å². The van der Waals surface area contributed by atoms with Crippen molar-refractivity contribution in [3.8, 4) is 11.5 Å². The summed E-state index contributed by atoms with van der Waals surface area (Å²) >= 11 is 0. The molecule has 0 aromatic carbocycles. The monoisotopic (exact) mass is 225 g/mol. The number of imide groups is 1. The summed E-state index contributed by atoms with van der Waals surface area (Å²) in [5.74, 6) is -1.81. The van der Waals surface area contributed by atoms with Crippen LogP contribution in [0.25, 0.3) is 0 Å². The molecular weight excluding hydrogens is 214 g/mol. The second-order valence-electron chi connectivity index (χ2n) is 2.79. The fourth-order valence-corrected chi connectivity index (χ4v) is 1.00. The van der Waals surface area contributed by atoms with Crippen LogP contribution in [-0.4, -0.2) is 35.6 Å². The fourth-order valence-electron chi connectivity index (χ4n) is 1.00. The standard InChI is InChI=1S/C9H11N3O4/c1-16-5-2-3-11-7(8(5)14)9(15)12-6(13)4-10/h2-3,14H,4,10H2,1H3,(H,12,13,15). The summed E-state index contributed by atoms with van der Waals surface area (Å²) < 4.78 is 4.79. The lowest BCUT2D eigenvalue weighted by atomic mass is 10.3. The van der Waals surface area contributed by atoms with Gasteiger partial charge in [-0.1, -0.05) is 0 Å². The Labute approximate surface area is 91.2 Å². The summed E-state index contributed by atoms with van der Waals surface area (Å²) in [6.07, 6.45) is 1.28. The fraction of sp³-hybridized carbons (Fsp3) is 0.222. The van der Waals surface area contributed by atoms with Gasteiger partial charge in [-0.05, 0) is 0 Å². The largest absolute Gasteiger partial charge is 0.503 e. The number of methoxy groups -OCH3 is 1. The van der Waals surface area contributed by atoms with Crippen LogP contribution in [0.4, 0.5) is 0 Å². The molecule has 1 rings (SSSR count). The lowest BCUT2D eigenvalue weighted by molar-refractivity contribution is -0.118. The number of amides is 2. The highest BCUT2D eigenvalue weighted by atomic mass is 16.5. The van der Waals surface area contributed by atoms with E-state index in [2.05, 4.69) is 4.98 Å². The minimum Gasteiger partial charge on any atom is -0.503 e. The third kappa shape index (κ3) is 2.45. The predicted molar refractivity (Wildman–Crippen MR) is 54.0 cm³/mol. The normalized spacial score (nSPS) is 9.62. The second kappa shape index (κ2) is 5.08. The SMILES string of the molecule is COc1ccnc(C(=O)NC(=O)CN)c1O. The van der Waals surface area contributed by atoms with E-state index in [1.54, 1.807) is 0 Å². The number of carbonyl (C=O) groups excluding carboxylic acids is 2. The van der Waals surface area contributed by atoms with Crippen LogP contribution in [0.1, 0.15) is 10.5 Å². The number of aromatic nitrogens is 1. The maximum Gasteiger partial charge on any atom is 0.280 e. The van der Waals surface area contributed by atoms with Gasteiger partial charge in [0.2, 0.25) is 5.91 Å². The van der Waals surface area contributed by atoms with Crippen LogP contribution in [0, 0.1) is 0 Å². The first-order valence-corrected chi connectivity index (χ1v) is 4.36. The van der Waals surface area contributed by atoms with E-state index in [-0.39, 0.29) is 18.0 Å². The quantitative estimate of drug-likeness (QED) is 0.608. The average Bonchev–Trinajstić information content (AvgIpc) is 2.29. The molecule has 86 valence electrons. The summed E-state index contributed by atoms with van der Waals surface area (Å²) in [6.45, 7) is -0.323. The highest BCUT2D eigenvalue weighted by Crippen LogP contribution is 2.27. The van der Waals surface area contributed by atoms with Gasteiger partial charge in [0, 0.05) is 12.3 Å². The molecule has 0 saturated heterocycles. The van der Waals surface area contributed by atoms with Crippen LogP contribution in [0.2, 0.25) is 0 Å². The van der Waals surface area contributed by atoms with Gasteiger partial charge >= 0.3 is 0 Å². The first-order valence-electron chi connectivity index (χ1n) is 4.36. The topological polar surface area (TPSA) is 115 Å². The molecule has 0 aliphatic carbocycles. The maximum atomic E-state index is 11.4. The molecule has 16 heavy (non-hydrogen) atoms. The zero-order valence-corrected chi connectivity index (χ0v) is 8.56. The van der Waals surface area contributed by atoms with E-state index < -0.39 is 17.6 Å². The van der Waals surface area contributed by atoms with E-state index >= 15 is 0 Å². The first kappa shape index (κ1) is 11.9. The number of nitrogens with zero attached hydrogens (tertiary/aromatic N) is 1. The molecular formula is C9H11N3O4. The number of aromatic hydroxyl groups is 1. The molecule has 0 bridgehead atoms. The molecule has 0 aliphatic rings. The molecule has 1 heterocycles. The number of nitrogens with two attached hydrogens (primary N) is 1. The Balaban J connectivity index is 2.96. The van der Waals surface area contributed by atoms with E-state index in [1.165, 1.54) is 19.4 Å². The zero-order chi connectivity index (χ0) is 12.1. The van der Waals surface area contributed by atoms with Crippen LogP contribution in [0.15, 0.2) is 12.3 Å². The van der Waals surface area contributed by atoms with Gasteiger partial charge in [-0.3, -0.25) is 14.9 Å². The number of ether oxygens (including phenoxy) is 1. The molecule has 7 heteroatoms. The molecule has 0 spiro atoms. The van der Waals surface area contributed by atoms with E-state index in [9.17, 15) is 14.7 Å². The Morgan fingerprint density at radius 1 is 1.62 bits per heavy atom. The van der Waals surface area contributed by atoms with Crippen LogP contribution in [0.5, 0.6) is 11.5 Å². The molecule has 0 saturated carbocycles. The van der Waals surface area contributed by atoms with Crippen LogP contribution >= 0.6 is 0 Å². The van der Waals surface area contributed by atoms with Gasteiger partial charge in [0.25, 0.3) is 5.91 Å². The summed E-state index contributed by atoms with van der Waals surface area (Å²) in [6, 6.07) is 1.39. The third-order valence-electron chi connectivity index (χ3n) is 1.76. The van der Waals surface area contributed by atoms with Gasteiger partial charge < -0.3 is 15.6 Å². The Morgan fingerprint density at radius 3 is 2.88 bits per heavy atom. The smallest absolute Gasteiger partial charge is 0.280 e. The molecule has 0 unspecified atom stereocenters. The summed E-state index contributed by atoms with van der Waals surface area (Å²) in [5, 5.41) is 11.5. The van der Waals surface area contributed by atoms with Gasteiger partial charge in [-0.25, -0.2) is 4.98 Å². The highest BCUT2D eigenvalue weighted by Gasteiger charge is 2.17. The summed E-state index contributed by atoms with van der Waals surface area (Å²) in [4.78, 5) is 25.9. The number of hydrogen-bond acceptors (Lipinski definition) is 6. The van der Waals surface area contributed by atoms with Crippen molar-refractivity contribution in [1.29, 1.82) is 0 Å². The number of hydrogen-bond donors (Lipinski definition) is 3. The van der Waals surface area contributed by atoms with Gasteiger partial charge in [-0.2, -0.15) is 0 Å². The van der Waals surface area contributed by atoms with E-state index in [1.807, 2.05) is 5.32 Å².